The smallest absolute Gasteiger partial charge is 0.191 e. The fourth-order valence-electron chi connectivity index (χ4n) is 2.46. The van der Waals surface area contributed by atoms with Crippen molar-refractivity contribution in [2.75, 3.05) is 6.54 Å². The minimum absolute atomic E-state index is 0.567. The molecule has 6 nitrogen and oxygen atoms in total. The average Bonchev–Trinajstić information content (AvgIpc) is 3.06. The first-order chi connectivity index (χ1) is 11.2. The van der Waals surface area contributed by atoms with Crippen LogP contribution >= 0.6 is 0 Å². The van der Waals surface area contributed by atoms with Crippen LogP contribution in [0, 0.1) is 12.8 Å². The minimum atomic E-state index is 0.567. The number of pyridine rings is 1. The second-order valence-corrected chi connectivity index (χ2v) is 6.03. The van der Waals surface area contributed by atoms with Crippen molar-refractivity contribution >= 4 is 5.96 Å². The van der Waals surface area contributed by atoms with Gasteiger partial charge >= 0.3 is 0 Å². The second-order valence-electron chi connectivity index (χ2n) is 6.03. The molecule has 1 saturated carbocycles. The third-order valence-corrected chi connectivity index (χ3v) is 4.08. The normalized spacial score (nSPS) is 20.4. The van der Waals surface area contributed by atoms with Crippen molar-refractivity contribution in [2.45, 2.75) is 39.8 Å². The fourth-order valence-corrected chi connectivity index (χ4v) is 2.46. The van der Waals surface area contributed by atoms with E-state index < -0.39 is 0 Å². The number of aliphatic imine (C=N–C) groups is 1. The van der Waals surface area contributed by atoms with Crippen LogP contribution in [0.4, 0.5) is 0 Å². The lowest BCUT2D eigenvalue weighted by Crippen LogP contribution is -2.39. The largest absolute Gasteiger partial charge is 0.357 e. The number of aromatic nitrogens is 3. The Hall–Kier alpha value is -2.37. The standard InChI is InChI=1S/C17H24N6/c1-4-18-17(22-15-9-12(15)2)21-11-14-5-6-16(20-10-14)23-8-7-19-13(23)3/h5-8,10,12,15H,4,9,11H2,1-3H3,(H2,18,21,22). The Morgan fingerprint density at radius 2 is 2.22 bits per heavy atom. The van der Waals surface area contributed by atoms with E-state index in [4.69, 9.17) is 0 Å². The predicted molar refractivity (Wildman–Crippen MR) is 91.6 cm³/mol. The molecular formula is C17H24N6. The van der Waals surface area contributed by atoms with Gasteiger partial charge in [0.1, 0.15) is 11.6 Å². The Bertz CT molecular complexity index is 673. The molecule has 2 N–H and O–H groups in total. The maximum Gasteiger partial charge on any atom is 0.191 e. The molecule has 1 aliphatic carbocycles. The van der Waals surface area contributed by atoms with Crippen LogP contribution < -0.4 is 10.6 Å². The number of imidazole rings is 1. The number of hydrogen-bond acceptors (Lipinski definition) is 3. The van der Waals surface area contributed by atoms with Gasteiger partial charge in [0.2, 0.25) is 0 Å². The van der Waals surface area contributed by atoms with Crippen molar-refractivity contribution in [2.24, 2.45) is 10.9 Å². The van der Waals surface area contributed by atoms with Gasteiger partial charge in [0.15, 0.2) is 5.96 Å². The molecule has 2 aromatic rings. The molecule has 0 saturated heterocycles. The zero-order valence-corrected chi connectivity index (χ0v) is 14.0. The van der Waals surface area contributed by atoms with Crippen LogP contribution in [0.2, 0.25) is 0 Å². The third kappa shape index (κ3) is 3.88. The summed E-state index contributed by atoms with van der Waals surface area (Å²) in [6.07, 6.45) is 6.80. The summed E-state index contributed by atoms with van der Waals surface area (Å²) in [5.41, 5.74) is 1.09. The lowest BCUT2D eigenvalue weighted by Gasteiger charge is -2.11. The molecule has 0 amide bonds. The van der Waals surface area contributed by atoms with Crippen molar-refractivity contribution in [1.82, 2.24) is 25.2 Å². The lowest BCUT2D eigenvalue weighted by atomic mass is 10.3. The van der Waals surface area contributed by atoms with E-state index in [-0.39, 0.29) is 0 Å². The average molecular weight is 312 g/mol. The monoisotopic (exact) mass is 312 g/mol. The lowest BCUT2D eigenvalue weighted by molar-refractivity contribution is 0.766. The van der Waals surface area contributed by atoms with Crippen LogP contribution in [0.25, 0.3) is 5.82 Å². The van der Waals surface area contributed by atoms with Gasteiger partial charge in [-0.1, -0.05) is 13.0 Å². The van der Waals surface area contributed by atoms with Gasteiger partial charge < -0.3 is 10.6 Å². The minimum Gasteiger partial charge on any atom is -0.357 e. The second kappa shape index (κ2) is 6.81. The molecule has 2 heterocycles. The summed E-state index contributed by atoms with van der Waals surface area (Å²) in [6.45, 7) is 7.78. The van der Waals surface area contributed by atoms with Crippen LogP contribution in [0.1, 0.15) is 31.7 Å². The van der Waals surface area contributed by atoms with Crippen molar-refractivity contribution in [3.05, 3.63) is 42.1 Å². The highest BCUT2D eigenvalue weighted by atomic mass is 15.2. The quantitative estimate of drug-likeness (QED) is 0.655. The summed E-state index contributed by atoms with van der Waals surface area (Å²) in [4.78, 5) is 13.4. The highest BCUT2D eigenvalue weighted by molar-refractivity contribution is 5.80. The summed E-state index contributed by atoms with van der Waals surface area (Å²) >= 11 is 0. The molecule has 2 aromatic heterocycles. The predicted octanol–water partition coefficient (Wildman–Crippen LogP) is 2.04. The van der Waals surface area contributed by atoms with Crippen LogP contribution in [0.15, 0.2) is 35.7 Å². The highest BCUT2D eigenvalue weighted by Crippen LogP contribution is 2.28. The van der Waals surface area contributed by atoms with Gasteiger partial charge in [-0.2, -0.15) is 0 Å². The van der Waals surface area contributed by atoms with Gasteiger partial charge in [-0.05, 0) is 37.8 Å². The third-order valence-electron chi connectivity index (χ3n) is 4.08. The fraction of sp³-hybridized carbons (Fsp3) is 0.471. The van der Waals surface area contributed by atoms with E-state index in [1.54, 1.807) is 6.20 Å². The zero-order valence-electron chi connectivity index (χ0n) is 14.0. The number of nitrogens with one attached hydrogen (secondary N) is 2. The van der Waals surface area contributed by atoms with Gasteiger partial charge in [0.05, 0.1) is 6.54 Å². The number of rotatable bonds is 5. The van der Waals surface area contributed by atoms with Crippen LogP contribution in [0.3, 0.4) is 0 Å². The number of hydrogen-bond donors (Lipinski definition) is 2. The Kier molecular flexibility index (Phi) is 4.60. The van der Waals surface area contributed by atoms with Gasteiger partial charge in [0.25, 0.3) is 0 Å². The van der Waals surface area contributed by atoms with E-state index in [1.807, 2.05) is 30.0 Å². The van der Waals surface area contributed by atoms with Crippen molar-refractivity contribution in [3.8, 4) is 5.82 Å². The molecule has 122 valence electrons. The Morgan fingerprint density at radius 3 is 2.78 bits per heavy atom. The van der Waals surface area contributed by atoms with Gasteiger partial charge in [-0.25, -0.2) is 15.0 Å². The molecule has 2 atom stereocenters. The van der Waals surface area contributed by atoms with Crippen LogP contribution in [-0.4, -0.2) is 33.1 Å². The van der Waals surface area contributed by atoms with E-state index in [9.17, 15) is 0 Å². The van der Waals surface area contributed by atoms with E-state index in [2.05, 4.69) is 45.5 Å². The SMILES string of the molecule is CCNC(=NCc1ccc(-n2ccnc2C)nc1)NC1CC1C. The summed E-state index contributed by atoms with van der Waals surface area (Å²) < 4.78 is 1.97. The first-order valence-corrected chi connectivity index (χ1v) is 8.17. The van der Waals surface area contributed by atoms with E-state index >= 15 is 0 Å². The summed E-state index contributed by atoms with van der Waals surface area (Å²) in [5, 5.41) is 6.75. The summed E-state index contributed by atoms with van der Waals surface area (Å²) in [5.74, 6) is 3.44. The molecule has 0 aliphatic heterocycles. The molecule has 0 bridgehead atoms. The van der Waals surface area contributed by atoms with Crippen LogP contribution in [0.5, 0.6) is 0 Å². The highest BCUT2D eigenvalue weighted by Gasteiger charge is 2.33. The van der Waals surface area contributed by atoms with Gasteiger partial charge in [-0.3, -0.25) is 4.57 Å². The van der Waals surface area contributed by atoms with Crippen molar-refractivity contribution in [1.29, 1.82) is 0 Å². The molecule has 2 unspecified atom stereocenters. The summed E-state index contributed by atoms with van der Waals surface area (Å²) in [7, 11) is 0. The number of aryl methyl sites for hydroxylation is 1. The van der Waals surface area contributed by atoms with E-state index in [0.29, 0.717) is 12.6 Å². The molecule has 0 aromatic carbocycles. The maximum absolute atomic E-state index is 4.64. The molecular weight excluding hydrogens is 288 g/mol. The first-order valence-electron chi connectivity index (χ1n) is 8.17. The van der Waals surface area contributed by atoms with E-state index in [1.165, 1.54) is 6.42 Å². The van der Waals surface area contributed by atoms with Crippen LogP contribution in [-0.2, 0) is 6.54 Å². The molecule has 6 heteroatoms. The summed E-state index contributed by atoms with van der Waals surface area (Å²) in [6, 6.07) is 4.63. The van der Waals surface area contributed by atoms with Crippen molar-refractivity contribution < 1.29 is 0 Å². The maximum atomic E-state index is 4.64. The van der Waals surface area contributed by atoms with Gasteiger partial charge in [-0.15, -0.1) is 0 Å². The topological polar surface area (TPSA) is 67.1 Å². The molecule has 23 heavy (non-hydrogen) atoms. The molecule has 3 rings (SSSR count). The zero-order chi connectivity index (χ0) is 16.2. The van der Waals surface area contributed by atoms with E-state index in [0.717, 1.165) is 35.6 Å². The van der Waals surface area contributed by atoms with Crippen molar-refractivity contribution in [3.63, 3.8) is 0 Å². The molecule has 1 fully saturated rings. The number of nitrogens with zero attached hydrogens (tertiary/aromatic N) is 4. The Labute approximate surface area is 137 Å². The molecule has 1 aliphatic rings. The molecule has 0 spiro atoms. The first kappa shape index (κ1) is 15.5. The Morgan fingerprint density at radius 1 is 1.39 bits per heavy atom. The van der Waals surface area contributed by atoms with Gasteiger partial charge in [0, 0.05) is 31.2 Å². The number of guanidine groups is 1. The molecule has 0 radical (unpaired) electrons. The Balaban J connectivity index is 1.64.